The molecule has 23 heavy (non-hydrogen) atoms. The molecule has 0 fully saturated rings. The van der Waals surface area contributed by atoms with Crippen molar-refractivity contribution in [2.24, 2.45) is 10.2 Å². The van der Waals surface area contributed by atoms with E-state index in [1.807, 2.05) is 0 Å². The molecule has 2 aromatic rings. The number of rotatable bonds is 4. The highest BCUT2D eigenvalue weighted by atomic mass is 19.1. The Labute approximate surface area is 127 Å². The number of carbonyl (C=O) groups is 2. The second-order valence-electron chi connectivity index (χ2n) is 4.30. The topological polar surface area (TPSA) is 120 Å². The summed E-state index contributed by atoms with van der Waals surface area (Å²) < 4.78 is 26.4. The number of carboxylic acids is 2. The standard InChI is InChI=1S/C14H8F2N2O5/c15-9-4-7(5-10(16)12(9)19)17-18-11-3-6(13(20)21)1-2-8(11)14(22)23/h1-5,19H,(H,20,21)(H,22,23). The highest BCUT2D eigenvalue weighted by Gasteiger charge is 2.14. The van der Waals surface area contributed by atoms with Crippen LogP contribution in [0.2, 0.25) is 0 Å². The molecule has 0 radical (unpaired) electrons. The van der Waals surface area contributed by atoms with Gasteiger partial charge in [0.1, 0.15) is 5.69 Å². The van der Waals surface area contributed by atoms with E-state index in [-0.39, 0.29) is 22.5 Å². The number of carboxylic acid groups (broad SMARTS) is 2. The molecule has 0 saturated heterocycles. The van der Waals surface area contributed by atoms with E-state index in [1.165, 1.54) is 0 Å². The molecular formula is C14H8F2N2O5. The van der Waals surface area contributed by atoms with Gasteiger partial charge in [-0.25, -0.2) is 18.4 Å². The van der Waals surface area contributed by atoms with Gasteiger partial charge in [0, 0.05) is 12.1 Å². The third-order valence-corrected chi connectivity index (χ3v) is 2.75. The van der Waals surface area contributed by atoms with Crippen LogP contribution in [0.3, 0.4) is 0 Å². The molecule has 0 aliphatic heterocycles. The minimum atomic E-state index is -1.38. The maximum absolute atomic E-state index is 13.2. The van der Waals surface area contributed by atoms with Gasteiger partial charge < -0.3 is 15.3 Å². The van der Waals surface area contributed by atoms with Crippen LogP contribution >= 0.6 is 0 Å². The molecule has 0 saturated carbocycles. The third-order valence-electron chi connectivity index (χ3n) is 2.75. The van der Waals surface area contributed by atoms with Crippen LogP contribution in [0.25, 0.3) is 0 Å². The van der Waals surface area contributed by atoms with Crippen LogP contribution in [0.1, 0.15) is 20.7 Å². The minimum absolute atomic E-state index is 0.230. The van der Waals surface area contributed by atoms with Gasteiger partial charge in [0.25, 0.3) is 0 Å². The zero-order chi connectivity index (χ0) is 17.1. The second kappa shape index (κ2) is 6.18. The first-order chi connectivity index (χ1) is 10.8. The van der Waals surface area contributed by atoms with Gasteiger partial charge in [-0.3, -0.25) is 0 Å². The first kappa shape index (κ1) is 16.0. The van der Waals surface area contributed by atoms with Crippen LogP contribution in [0.4, 0.5) is 20.2 Å². The highest BCUT2D eigenvalue weighted by Crippen LogP contribution is 2.28. The monoisotopic (exact) mass is 322 g/mol. The summed E-state index contributed by atoms with van der Waals surface area (Å²) in [6.45, 7) is 0. The van der Waals surface area contributed by atoms with Gasteiger partial charge in [0.2, 0.25) is 0 Å². The van der Waals surface area contributed by atoms with E-state index in [0.29, 0.717) is 12.1 Å². The fourth-order valence-corrected chi connectivity index (χ4v) is 1.65. The fraction of sp³-hybridized carbons (Fsp3) is 0. The van der Waals surface area contributed by atoms with Crippen molar-refractivity contribution in [1.29, 1.82) is 0 Å². The van der Waals surface area contributed by atoms with Crippen molar-refractivity contribution in [3.63, 3.8) is 0 Å². The van der Waals surface area contributed by atoms with E-state index in [9.17, 15) is 18.4 Å². The van der Waals surface area contributed by atoms with Crippen LogP contribution in [0.5, 0.6) is 5.75 Å². The minimum Gasteiger partial charge on any atom is -0.503 e. The molecule has 0 aliphatic carbocycles. The van der Waals surface area contributed by atoms with E-state index < -0.39 is 29.3 Å². The Kier molecular flexibility index (Phi) is 4.30. The molecule has 0 atom stereocenters. The zero-order valence-corrected chi connectivity index (χ0v) is 11.2. The van der Waals surface area contributed by atoms with E-state index in [2.05, 4.69) is 10.2 Å². The summed E-state index contributed by atoms with van der Waals surface area (Å²) in [5, 5.41) is 33.8. The Balaban J connectivity index is 2.47. The number of azo groups is 1. The molecule has 0 spiro atoms. The lowest BCUT2D eigenvalue weighted by atomic mass is 10.1. The van der Waals surface area contributed by atoms with Crippen molar-refractivity contribution < 1.29 is 33.7 Å². The molecule has 0 heterocycles. The number of phenolic OH excluding ortho intramolecular Hbond substituents is 1. The van der Waals surface area contributed by atoms with E-state index in [4.69, 9.17) is 15.3 Å². The van der Waals surface area contributed by atoms with Crippen molar-refractivity contribution in [2.45, 2.75) is 0 Å². The number of aromatic hydroxyl groups is 1. The number of nitrogens with zero attached hydrogens (tertiary/aromatic N) is 2. The van der Waals surface area contributed by atoms with Gasteiger partial charge in [-0.05, 0) is 18.2 Å². The van der Waals surface area contributed by atoms with E-state index in [0.717, 1.165) is 18.2 Å². The Bertz CT molecular complexity index is 813. The summed E-state index contributed by atoms with van der Waals surface area (Å²) >= 11 is 0. The summed E-state index contributed by atoms with van der Waals surface area (Å²) in [6, 6.07) is 4.43. The Morgan fingerprint density at radius 2 is 1.52 bits per heavy atom. The maximum atomic E-state index is 13.2. The van der Waals surface area contributed by atoms with Gasteiger partial charge in [-0.1, -0.05) is 0 Å². The molecule has 7 nitrogen and oxygen atoms in total. The predicted octanol–water partition coefficient (Wildman–Crippen LogP) is 3.48. The smallest absolute Gasteiger partial charge is 0.337 e. The van der Waals surface area contributed by atoms with Crippen LogP contribution in [-0.4, -0.2) is 27.3 Å². The van der Waals surface area contributed by atoms with Crippen molar-refractivity contribution in [2.75, 3.05) is 0 Å². The first-order valence-corrected chi connectivity index (χ1v) is 6.00. The summed E-state index contributed by atoms with van der Waals surface area (Å²) in [6.07, 6.45) is 0. The number of hydrogen-bond donors (Lipinski definition) is 3. The lowest BCUT2D eigenvalue weighted by molar-refractivity contribution is 0.0682. The van der Waals surface area contributed by atoms with Crippen LogP contribution in [0.15, 0.2) is 40.6 Å². The molecule has 9 heteroatoms. The van der Waals surface area contributed by atoms with Gasteiger partial charge in [-0.15, -0.1) is 5.11 Å². The molecular weight excluding hydrogens is 314 g/mol. The predicted molar refractivity (Wildman–Crippen MR) is 72.6 cm³/mol. The van der Waals surface area contributed by atoms with Crippen LogP contribution in [-0.2, 0) is 0 Å². The lowest BCUT2D eigenvalue weighted by Gasteiger charge is -2.02. The molecule has 0 amide bonds. The quantitative estimate of drug-likeness (QED) is 0.744. The SMILES string of the molecule is O=C(O)c1ccc(C(=O)O)c(N=Nc2cc(F)c(O)c(F)c2)c1. The maximum Gasteiger partial charge on any atom is 0.337 e. The average molecular weight is 322 g/mol. The van der Waals surface area contributed by atoms with Gasteiger partial charge >= 0.3 is 11.9 Å². The number of hydrogen-bond acceptors (Lipinski definition) is 5. The molecule has 2 aromatic carbocycles. The molecule has 3 N–H and O–H groups in total. The summed E-state index contributed by atoms with van der Waals surface area (Å²) in [5.74, 6) is -6.39. The lowest BCUT2D eigenvalue weighted by Crippen LogP contribution is -2.00. The van der Waals surface area contributed by atoms with Crippen molar-refractivity contribution >= 4 is 23.3 Å². The Morgan fingerprint density at radius 1 is 0.913 bits per heavy atom. The van der Waals surface area contributed by atoms with Crippen molar-refractivity contribution in [3.8, 4) is 5.75 Å². The van der Waals surface area contributed by atoms with Crippen LogP contribution in [0, 0.1) is 11.6 Å². The molecule has 0 aromatic heterocycles. The number of halogens is 2. The average Bonchev–Trinajstić information content (AvgIpc) is 2.49. The third kappa shape index (κ3) is 3.46. The number of benzene rings is 2. The Hall–Kier alpha value is -3.36. The number of aromatic carboxylic acids is 2. The summed E-state index contributed by atoms with van der Waals surface area (Å²) in [4.78, 5) is 22.0. The van der Waals surface area contributed by atoms with E-state index >= 15 is 0 Å². The molecule has 2 rings (SSSR count). The molecule has 0 bridgehead atoms. The zero-order valence-electron chi connectivity index (χ0n) is 11.2. The van der Waals surface area contributed by atoms with Crippen LogP contribution < -0.4 is 0 Å². The highest BCUT2D eigenvalue weighted by molar-refractivity contribution is 5.96. The second-order valence-corrected chi connectivity index (χ2v) is 4.30. The molecule has 118 valence electrons. The summed E-state index contributed by atoms with van der Waals surface area (Å²) in [5.41, 5.74) is -1.19. The number of phenols is 1. The summed E-state index contributed by atoms with van der Waals surface area (Å²) in [7, 11) is 0. The van der Waals surface area contributed by atoms with Gasteiger partial charge in [-0.2, -0.15) is 5.11 Å². The first-order valence-electron chi connectivity index (χ1n) is 6.00. The Morgan fingerprint density at radius 3 is 2.04 bits per heavy atom. The molecule has 0 aliphatic rings. The van der Waals surface area contributed by atoms with Crippen molar-refractivity contribution in [1.82, 2.24) is 0 Å². The van der Waals surface area contributed by atoms with Gasteiger partial charge in [0.05, 0.1) is 16.8 Å². The molecule has 0 unspecified atom stereocenters. The van der Waals surface area contributed by atoms with E-state index in [1.54, 1.807) is 0 Å². The fourth-order valence-electron chi connectivity index (χ4n) is 1.65. The van der Waals surface area contributed by atoms with Gasteiger partial charge in [0.15, 0.2) is 17.4 Å². The normalized spacial score (nSPS) is 10.9. The largest absolute Gasteiger partial charge is 0.503 e. The van der Waals surface area contributed by atoms with Crippen molar-refractivity contribution in [3.05, 3.63) is 53.1 Å².